The van der Waals surface area contributed by atoms with Gasteiger partial charge in [-0.3, -0.25) is 14.9 Å². The lowest BCUT2D eigenvalue weighted by molar-refractivity contribution is -0.384. The van der Waals surface area contributed by atoms with Crippen molar-refractivity contribution in [3.63, 3.8) is 0 Å². The lowest BCUT2D eigenvalue weighted by Crippen LogP contribution is -2.16. The van der Waals surface area contributed by atoms with E-state index in [1.807, 2.05) is 79.7 Å². The molecule has 0 bridgehead atoms. The molecule has 0 unspecified atom stereocenters. The van der Waals surface area contributed by atoms with Gasteiger partial charge in [0.2, 0.25) is 0 Å². The number of nitriles is 1. The zero-order valence-corrected chi connectivity index (χ0v) is 27.1. The molecule has 47 heavy (non-hydrogen) atoms. The molecule has 0 aliphatic heterocycles. The second-order valence-corrected chi connectivity index (χ2v) is 12.3. The molecular formula is C35H27N5O5S2. The van der Waals surface area contributed by atoms with Gasteiger partial charge in [0.1, 0.15) is 16.6 Å². The van der Waals surface area contributed by atoms with Crippen LogP contribution in [0.1, 0.15) is 33.3 Å². The van der Waals surface area contributed by atoms with E-state index in [-0.39, 0.29) is 34.0 Å². The summed E-state index contributed by atoms with van der Waals surface area (Å²) in [6.45, 7) is 5.40. The number of nitrogens with zero attached hydrogens (tertiary/aromatic N) is 4. The summed E-state index contributed by atoms with van der Waals surface area (Å²) in [5.74, 6) is -1.37. The lowest BCUT2D eigenvalue weighted by atomic mass is 10.1. The molecular weight excluding hydrogens is 635 g/mol. The summed E-state index contributed by atoms with van der Waals surface area (Å²) in [6, 6.07) is 27.2. The zero-order valence-electron chi connectivity index (χ0n) is 25.5. The Balaban J connectivity index is 1.55. The second-order valence-electron chi connectivity index (χ2n) is 10.1. The van der Waals surface area contributed by atoms with Gasteiger partial charge in [0.15, 0.2) is 5.16 Å². The van der Waals surface area contributed by atoms with E-state index in [4.69, 9.17) is 14.7 Å². The van der Waals surface area contributed by atoms with Crippen LogP contribution < -0.4 is 5.32 Å². The Bertz CT molecular complexity index is 2000. The summed E-state index contributed by atoms with van der Waals surface area (Å²) in [6.07, 6.45) is 1.28. The van der Waals surface area contributed by atoms with Crippen LogP contribution in [0.2, 0.25) is 0 Å². The smallest absolute Gasteiger partial charge is 0.341 e. The Morgan fingerprint density at radius 3 is 2.17 bits per heavy atom. The van der Waals surface area contributed by atoms with Crippen molar-refractivity contribution in [2.75, 3.05) is 11.9 Å². The van der Waals surface area contributed by atoms with Crippen molar-refractivity contribution in [2.24, 2.45) is 0 Å². The van der Waals surface area contributed by atoms with Crippen molar-refractivity contribution >= 4 is 51.7 Å². The van der Waals surface area contributed by atoms with Gasteiger partial charge >= 0.3 is 5.97 Å². The first-order valence-corrected chi connectivity index (χ1v) is 16.0. The Labute approximate surface area is 278 Å². The molecule has 1 N–H and O–H groups in total. The number of nitro groups is 1. The average Bonchev–Trinajstić information content (AvgIpc) is 3.36. The van der Waals surface area contributed by atoms with Crippen molar-refractivity contribution in [1.82, 2.24) is 9.97 Å². The summed E-state index contributed by atoms with van der Waals surface area (Å²) in [5, 5.41) is 25.0. The number of thiophene rings is 1. The number of amides is 1. The van der Waals surface area contributed by atoms with Crippen molar-refractivity contribution in [2.45, 2.75) is 30.8 Å². The van der Waals surface area contributed by atoms with Gasteiger partial charge in [-0.15, -0.1) is 11.3 Å². The normalized spacial score (nSPS) is 11.1. The van der Waals surface area contributed by atoms with Gasteiger partial charge in [0.05, 0.1) is 28.5 Å². The Morgan fingerprint density at radius 2 is 1.62 bits per heavy atom. The van der Waals surface area contributed by atoms with Gasteiger partial charge in [-0.05, 0) is 61.9 Å². The molecule has 2 heterocycles. The van der Waals surface area contributed by atoms with Crippen molar-refractivity contribution in [3.05, 3.63) is 122 Å². The van der Waals surface area contributed by atoms with Crippen molar-refractivity contribution in [1.29, 1.82) is 5.26 Å². The van der Waals surface area contributed by atoms with E-state index in [0.29, 0.717) is 27.0 Å². The van der Waals surface area contributed by atoms with Crippen molar-refractivity contribution in [3.8, 4) is 28.6 Å². The number of anilines is 1. The number of benzene rings is 3. The third kappa shape index (κ3) is 7.61. The Kier molecular flexibility index (Phi) is 10.2. The number of rotatable bonds is 10. The maximum Gasteiger partial charge on any atom is 0.341 e. The number of hydrogen-bond acceptors (Lipinski definition) is 10. The molecule has 3 aromatic carbocycles. The SMILES string of the molecule is CCOC(=O)c1c(NC(=O)C(C#N)=Cc2cc([N+](=O)[O-])ccc2Sc2nc(-c3ccccc3)cc(-c3ccccc3)n2)sc(C)c1C. The summed E-state index contributed by atoms with van der Waals surface area (Å²) in [4.78, 5) is 48.0. The minimum atomic E-state index is -0.782. The van der Waals surface area contributed by atoms with Crippen LogP contribution in [-0.4, -0.2) is 33.4 Å². The van der Waals surface area contributed by atoms with Crippen LogP contribution in [0.4, 0.5) is 10.7 Å². The van der Waals surface area contributed by atoms with Crippen LogP contribution in [0.25, 0.3) is 28.6 Å². The minimum absolute atomic E-state index is 0.155. The number of ether oxygens (including phenoxy) is 1. The van der Waals surface area contributed by atoms with Crippen molar-refractivity contribution < 1.29 is 19.2 Å². The highest BCUT2D eigenvalue weighted by Gasteiger charge is 2.24. The highest BCUT2D eigenvalue weighted by molar-refractivity contribution is 7.99. The van der Waals surface area contributed by atoms with E-state index in [1.165, 1.54) is 35.6 Å². The second kappa shape index (κ2) is 14.6. The zero-order chi connectivity index (χ0) is 33.5. The van der Waals surface area contributed by atoms with Gasteiger partial charge in [-0.25, -0.2) is 14.8 Å². The first-order valence-electron chi connectivity index (χ1n) is 14.3. The van der Waals surface area contributed by atoms with Crippen LogP contribution >= 0.6 is 23.1 Å². The number of aromatic nitrogens is 2. The predicted octanol–water partition coefficient (Wildman–Crippen LogP) is 8.27. The molecule has 0 aliphatic carbocycles. The van der Waals surface area contributed by atoms with Gasteiger partial charge < -0.3 is 10.1 Å². The number of carbonyl (C=O) groups excluding carboxylic acids is 2. The topological polar surface area (TPSA) is 148 Å². The molecule has 2 aromatic heterocycles. The van der Waals surface area contributed by atoms with Gasteiger partial charge in [-0.2, -0.15) is 5.26 Å². The average molecular weight is 662 g/mol. The molecule has 0 aliphatic rings. The van der Waals surface area contributed by atoms with Crippen LogP contribution in [0.15, 0.2) is 101 Å². The Morgan fingerprint density at radius 1 is 1.00 bits per heavy atom. The van der Waals surface area contributed by atoms with Gasteiger partial charge in [0, 0.05) is 33.0 Å². The fourth-order valence-corrected chi connectivity index (χ4v) is 6.48. The number of carbonyl (C=O) groups is 2. The highest BCUT2D eigenvalue weighted by atomic mass is 32.2. The van der Waals surface area contributed by atoms with E-state index < -0.39 is 16.8 Å². The molecule has 234 valence electrons. The molecule has 10 nitrogen and oxygen atoms in total. The number of hydrogen-bond donors (Lipinski definition) is 1. The first-order chi connectivity index (χ1) is 22.7. The fraction of sp³-hybridized carbons (Fsp3) is 0.114. The quantitative estimate of drug-likeness (QED) is 0.0390. The number of nitrogens with one attached hydrogen (secondary N) is 1. The van der Waals surface area contributed by atoms with E-state index in [9.17, 15) is 25.0 Å². The van der Waals surface area contributed by atoms with E-state index in [1.54, 1.807) is 13.8 Å². The van der Waals surface area contributed by atoms with Crippen LogP contribution in [0.3, 0.4) is 0 Å². The number of esters is 1. The maximum atomic E-state index is 13.4. The summed E-state index contributed by atoms with van der Waals surface area (Å²) >= 11 is 2.34. The standard InChI is InChI=1S/C35H27N5O5S2/c1-4-45-34(42)31-21(2)22(3)46-33(31)39-32(41)26(20-36)17-25-18-27(40(43)44)15-16-30(25)47-35-37-28(23-11-7-5-8-12-23)19-29(38-35)24-13-9-6-10-14-24/h5-19H,4H2,1-3H3,(H,39,41). The molecule has 1 amide bonds. The first kappa shape index (κ1) is 32.7. The molecule has 12 heteroatoms. The van der Waals surface area contributed by atoms with Gasteiger partial charge in [-0.1, -0.05) is 60.7 Å². The number of aryl methyl sites for hydroxylation is 1. The summed E-state index contributed by atoms with van der Waals surface area (Å²) < 4.78 is 5.17. The van der Waals surface area contributed by atoms with Gasteiger partial charge in [0.25, 0.3) is 11.6 Å². The van der Waals surface area contributed by atoms with Crippen LogP contribution in [-0.2, 0) is 9.53 Å². The molecule has 0 saturated heterocycles. The minimum Gasteiger partial charge on any atom is -0.462 e. The third-order valence-corrected chi connectivity index (χ3v) is 9.09. The highest BCUT2D eigenvalue weighted by Crippen LogP contribution is 2.36. The molecule has 0 atom stereocenters. The molecule has 5 rings (SSSR count). The molecule has 0 saturated carbocycles. The maximum absolute atomic E-state index is 13.4. The largest absolute Gasteiger partial charge is 0.462 e. The predicted molar refractivity (Wildman–Crippen MR) is 182 cm³/mol. The number of non-ortho nitro benzene ring substituents is 1. The van der Waals surface area contributed by atoms with E-state index >= 15 is 0 Å². The summed E-state index contributed by atoms with van der Waals surface area (Å²) in [5.41, 5.74) is 3.69. The molecule has 5 aromatic rings. The molecule has 0 spiro atoms. The number of nitro benzene ring substituents is 1. The monoisotopic (exact) mass is 661 g/mol. The van der Waals surface area contributed by atoms with Crippen LogP contribution in [0, 0.1) is 35.3 Å². The Hall–Kier alpha value is -5.64. The molecule has 0 radical (unpaired) electrons. The third-order valence-electron chi connectivity index (χ3n) is 7.01. The van der Waals surface area contributed by atoms with E-state index in [2.05, 4.69) is 5.32 Å². The lowest BCUT2D eigenvalue weighted by Gasteiger charge is -2.11. The van der Waals surface area contributed by atoms with Crippen LogP contribution in [0.5, 0.6) is 0 Å². The molecule has 0 fully saturated rings. The van der Waals surface area contributed by atoms with E-state index in [0.717, 1.165) is 27.8 Å². The summed E-state index contributed by atoms with van der Waals surface area (Å²) in [7, 11) is 0. The fourth-order valence-electron chi connectivity index (χ4n) is 4.58.